The van der Waals surface area contributed by atoms with Gasteiger partial charge in [-0.15, -0.1) is 0 Å². The summed E-state index contributed by atoms with van der Waals surface area (Å²) in [5, 5.41) is 0. The molecule has 2 saturated heterocycles. The topological polar surface area (TPSA) is 49.6 Å². The Morgan fingerprint density at radius 3 is 2.74 bits per heavy atom. The molecule has 2 aliphatic rings. The minimum Gasteiger partial charge on any atom is -0.340 e. The van der Waals surface area contributed by atoms with E-state index >= 15 is 0 Å². The molecule has 19 heavy (non-hydrogen) atoms. The second kappa shape index (κ2) is 7.85. The van der Waals surface area contributed by atoms with Gasteiger partial charge in [-0.2, -0.15) is 0 Å². The van der Waals surface area contributed by atoms with Gasteiger partial charge in [-0.05, 0) is 38.8 Å². The van der Waals surface area contributed by atoms with Gasteiger partial charge in [0.15, 0.2) is 0 Å². The number of nitrogens with two attached hydrogens (primary N) is 1. The number of fused-ring (bicyclic) bond motifs is 1. The maximum absolute atomic E-state index is 12.2. The highest BCUT2D eigenvalue weighted by Crippen LogP contribution is 2.21. The first-order valence-electron chi connectivity index (χ1n) is 8.03. The molecule has 0 aromatic carbocycles. The van der Waals surface area contributed by atoms with Crippen LogP contribution >= 0.6 is 0 Å². The molecular formula is C15H29N3O. The van der Waals surface area contributed by atoms with Crippen LogP contribution in [0.3, 0.4) is 0 Å². The predicted octanol–water partition coefficient (Wildman–Crippen LogP) is 1.59. The maximum Gasteiger partial charge on any atom is 0.222 e. The summed E-state index contributed by atoms with van der Waals surface area (Å²) in [4.78, 5) is 16.9. The SMILES string of the molecule is NCCCCCCC(=O)N1CCN2CCCCC2C1. The van der Waals surface area contributed by atoms with Gasteiger partial charge in [0, 0.05) is 32.1 Å². The highest BCUT2D eigenvalue weighted by Gasteiger charge is 2.30. The number of carbonyl (C=O) groups is 1. The van der Waals surface area contributed by atoms with E-state index in [9.17, 15) is 4.79 Å². The minimum absolute atomic E-state index is 0.373. The normalized spacial score (nSPS) is 24.3. The van der Waals surface area contributed by atoms with E-state index in [1.165, 1.54) is 32.2 Å². The lowest BCUT2D eigenvalue weighted by Gasteiger charge is -2.44. The molecule has 0 spiro atoms. The van der Waals surface area contributed by atoms with Crippen LogP contribution in [0.25, 0.3) is 0 Å². The first-order chi connectivity index (χ1) is 9.31. The zero-order chi connectivity index (χ0) is 13.5. The average Bonchev–Trinajstić information content (AvgIpc) is 2.46. The summed E-state index contributed by atoms with van der Waals surface area (Å²) in [5.74, 6) is 0.373. The van der Waals surface area contributed by atoms with Crippen LogP contribution < -0.4 is 5.73 Å². The van der Waals surface area contributed by atoms with Gasteiger partial charge in [-0.25, -0.2) is 0 Å². The number of carbonyl (C=O) groups excluding carboxylic acids is 1. The van der Waals surface area contributed by atoms with Gasteiger partial charge in [0.25, 0.3) is 0 Å². The van der Waals surface area contributed by atoms with Gasteiger partial charge in [0.1, 0.15) is 0 Å². The lowest BCUT2D eigenvalue weighted by molar-refractivity contribution is -0.134. The van der Waals surface area contributed by atoms with Crippen molar-refractivity contribution in [1.82, 2.24) is 9.80 Å². The molecule has 4 nitrogen and oxygen atoms in total. The fourth-order valence-electron chi connectivity index (χ4n) is 3.31. The lowest BCUT2D eigenvalue weighted by Crippen LogP contribution is -2.56. The van der Waals surface area contributed by atoms with Crippen molar-refractivity contribution in [1.29, 1.82) is 0 Å². The van der Waals surface area contributed by atoms with Crippen LogP contribution in [0.1, 0.15) is 51.4 Å². The van der Waals surface area contributed by atoms with E-state index in [1.54, 1.807) is 0 Å². The third-order valence-corrected chi connectivity index (χ3v) is 4.53. The first kappa shape index (κ1) is 14.8. The van der Waals surface area contributed by atoms with Crippen molar-refractivity contribution in [3.8, 4) is 0 Å². The van der Waals surface area contributed by atoms with Crippen molar-refractivity contribution in [3.05, 3.63) is 0 Å². The second-order valence-corrected chi connectivity index (χ2v) is 5.98. The molecule has 0 radical (unpaired) electrons. The van der Waals surface area contributed by atoms with Crippen LogP contribution in [-0.2, 0) is 4.79 Å². The first-order valence-corrected chi connectivity index (χ1v) is 8.03. The predicted molar refractivity (Wildman–Crippen MR) is 77.9 cm³/mol. The summed E-state index contributed by atoms with van der Waals surface area (Å²) in [6, 6.07) is 0.642. The third kappa shape index (κ3) is 4.46. The van der Waals surface area contributed by atoms with Gasteiger partial charge < -0.3 is 10.6 Å². The molecule has 4 heteroatoms. The van der Waals surface area contributed by atoms with E-state index in [0.717, 1.165) is 51.9 Å². The van der Waals surface area contributed by atoms with Crippen molar-refractivity contribution < 1.29 is 4.79 Å². The van der Waals surface area contributed by atoms with Gasteiger partial charge in [0.05, 0.1) is 0 Å². The Hall–Kier alpha value is -0.610. The van der Waals surface area contributed by atoms with E-state index in [-0.39, 0.29) is 0 Å². The number of rotatable bonds is 6. The highest BCUT2D eigenvalue weighted by molar-refractivity contribution is 5.76. The number of hydrogen-bond acceptors (Lipinski definition) is 3. The van der Waals surface area contributed by atoms with Crippen LogP contribution in [-0.4, -0.2) is 54.5 Å². The summed E-state index contributed by atoms with van der Waals surface area (Å²) in [6.45, 7) is 5.02. The summed E-state index contributed by atoms with van der Waals surface area (Å²) >= 11 is 0. The van der Waals surface area contributed by atoms with E-state index in [2.05, 4.69) is 9.80 Å². The minimum atomic E-state index is 0.373. The van der Waals surface area contributed by atoms with Crippen LogP contribution in [0, 0.1) is 0 Å². The van der Waals surface area contributed by atoms with Crippen LogP contribution in [0.15, 0.2) is 0 Å². The molecule has 0 aromatic heterocycles. The van der Waals surface area contributed by atoms with Crippen LogP contribution in [0.2, 0.25) is 0 Å². The van der Waals surface area contributed by atoms with Gasteiger partial charge in [0.2, 0.25) is 5.91 Å². The van der Waals surface area contributed by atoms with Gasteiger partial charge in [-0.1, -0.05) is 19.3 Å². The molecule has 2 aliphatic heterocycles. The van der Waals surface area contributed by atoms with Crippen LogP contribution in [0.4, 0.5) is 0 Å². The van der Waals surface area contributed by atoms with Crippen molar-refractivity contribution in [2.45, 2.75) is 57.4 Å². The van der Waals surface area contributed by atoms with Crippen molar-refractivity contribution >= 4 is 5.91 Å². The Kier molecular flexibility index (Phi) is 6.11. The summed E-state index contributed by atoms with van der Waals surface area (Å²) < 4.78 is 0. The van der Waals surface area contributed by atoms with Crippen LogP contribution in [0.5, 0.6) is 0 Å². The molecule has 1 atom stereocenters. The van der Waals surface area contributed by atoms with Gasteiger partial charge >= 0.3 is 0 Å². The Morgan fingerprint density at radius 2 is 1.89 bits per heavy atom. The smallest absolute Gasteiger partial charge is 0.222 e. The number of unbranched alkanes of at least 4 members (excludes halogenated alkanes) is 3. The van der Waals surface area contributed by atoms with Crippen molar-refractivity contribution in [2.24, 2.45) is 5.73 Å². The Balaban J connectivity index is 1.65. The van der Waals surface area contributed by atoms with E-state index in [0.29, 0.717) is 11.9 Å². The Labute approximate surface area is 117 Å². The monoisotopic (exact) mass is 267 g/mol. The van der Waals surface area contributed by atoms with Gasteiger partial charge in [-0.3, -0.25) is 9.69 Å². The largest absolute Gasteiger partial charge is 0.340 e. The fourth-order valence-corrected chi connectivity index (χ4v) is 3.31. The number of hydrogen-bond donors (Lipinski definition) is 1. The summed E-state index contributed by atoms with van der Waals surface area (Å²) in [6.07, 6.45) is 9.12. The zero-order valence-electron chi connectivity index (χ0n) is 12.1. The lowest BCUT2D eigenvalue weighted by atomic mass is 9.99. The average molecular weight is 267 g/mol. The molecule has 2 rings (SSSR count). The van der Waals surface area contributed by atoms with Crippen molar-refractivity contribution in [2.75, 3.05) is 32.7 Å². The number of piperidine rings is 1. The van der Waals surface area contributed by atoms with Crippen molar-refractivity contribution in [3.63, 3.8) is 0 Å². The molecule has 2 fully saturated rings. The Bertz CT molecular complexity index is 283. The molecule has 0 aromatic rings. The quantitative estimate of drug-likeness (QED) is 0.744. The van der Waals surface area contributed by atoms with E-state index in [4.69, 9.17) is 5.73 Å². The summed E-state index contributed by atoms with van der Waals surface area (Å²) in [7, 11) is 0. The Morgan fingerprint density at radius 1 is 1.05 bits per heavy atom. The molecule has 2 heterocycles. The van der Waals surface area contributed by atoms with E-state index in [1.807, 2.05) is 0 Å². The molecule has 0 bridgehead atoms. The molecule has 110 valence electrons. The number of piperazine rings is 1. The standard InChI is InChI=1S/C15H29N3O/c16-9-5-2-1-3-8-15(19)18-12-11-17-10-6-4-7-14(17)13-18/h14H,1-13,16H2. The summed E-state index contributed by atoms with van der Waals surface area (Å²) in [5.41, 5.74) is 5.47. The second-order valence-electron chi connectivity index (χ2n) is 5.98. The zero-order valence-corrected chi connectivity index (χ0v) is 12.1. The molecular weight excluding hydrogens is 238 g/mol. The fraction of sp³-hybridized carbons (Fsp3) is 0.933. The maximum atomic E-state index is 12.2. The number of amides is 1. The number of nitrogens with zero attached hydrogens (tertiary/aromatic N) is 2. The molecule has 0 aliphatic carbocycles. The molecule has 1 unspecified atom stereocenters. The molecule has 0 saturated carbocycles. The highest BCUT2D eigenvalue weighted by atomic mass is 16.2. The molecule has 2 N–H and O–H groups in total. The third-order valence-electron chi connectivity index (χ3n) is 4.53. The van der Waals surface area contributed by atoms with E-state index < -0.39 is 0 Å². The molecule has 1 amide bonds.